The van der Waals surface area contributed by atoms with Crippen molar-refractivity contribution in [2.24, 2.45) is 0 Å². The highest BCUT2D eigenvalue weighted by Crippen LogP contribution is 2.51. The number of hydrogen-bond acceptors (Lipinski definition) is 6. The molecule has 3 heterocycles. The Kier molecular flexibility index (Phi) is 6.34. The Hall–Kier alpha value is -2.35. The van der Waals surface area contributed by atoms with E-state index in [1.807, 2.05) is 25.1 Å². The normalized spacial score (nSPS) is 32.2. The van der Waals surface area contributed by atoms with Gasteiger partial charge in [0.2, 0.25) is 0 Å². The third-order valence-corrected chi connectivity index (χ3v) is 7.29. The molecule has 2 aliphatic rings. The van der Waals surface area contributed by atoms with Crippen LogP contribution in [0.1, 0.15) is 66.7 Å². The first kappa shape index (κ1) is 22.8. The molecule has 1 aromatic heterocycles. The summed E-state index contributed by atoms with van der Waals surface area (Å²) in [6.07, 6.45) is 5.39. The van der Waals surface area contributed by atoms with Crippen molar-refractivity contribution in [3.8, 4) is 0 Å². The van der Waals surface area contributed by atoms with Gasteiger partial charge in [-0.1, -0.05) is 30.3 Å². The van der Waals surface area contributed by atoms with Crippen LogP contribution in [0.25, 0.3) is 0 Å². The molecule has 4 rings (SSSR count). The van der Waals surface area contributed by atoms with Crippen molar-refractivity contribution in [2.45, 2.75) is 75.2 Å². The number of carbonyl (C=O) groups excluding carboxylic acids is 1. The number of aliphatic hydroxyl groups excluding tert-OH is 2. The molecule has 2 fully saturated rings. The van der Waals surface area contributed by atoms with Crippen LogP contribution in [0.3, 0.4) is 0 Å². The zero-order valence-electron chi connectivity index (χ0n) is 19.1. The summed E-state index contributed by atoms with van der Waals surface area (Å²) in [5, 5.41) is 21.4. The number of nitrogens with zero attached hydrogens (tertiary/aromatic N) is 3. The van der Waals surface area contributed by atoms with Gasteiger partial charge < -0.3 is 19.8 Å². The summed E-state index contributed by atoms with van der Waals surface area (Å²) >= 11 is 0. The summed E-state index contributed by atoms with van der Waals surface area (Å²) in [5.74, 6) is 0.595. The summed E-state index contributed by atoms with van der Waals surface area (Å²) < 4.78 is 6.64. The molecule has 2 saturated heterocycles. The topological polar surface area (TPSA) is 95.8 Å². The highest BCUT2D eigenvalue weighted by atomic mass is 16.5. The van der Waals surface area contributed by atoms with Crippen LogP contribution in [0, 0.1) is 6.92 Å². The molecule has 1 aromatic carbocycles. The highest BCUT2D eigenvalue weighted by Gasteiger charge is 2.55. The lowest BCUT2D eigenvalue weighted by Gasteiger charge is -2.50. The molecule has 0 spiro atoms. The first-order chi connectivity index (χ1) is 15.3. The monoisotopic (exact) mass is 439 g/mol. The summed E-state index contributed by atoms with van der Waals surface area (Å²) in [4.78, 5) is 23.0. The fraction of sp³-hybridized carbons (Fsp3) is 0.560. The predicted molar refractivity (Wildman–Crippen MR) is 120 cm³/mol. The van der Waals surface area contributed by atoms with E-state index in [0.29, 0.717) is 37.1 Å². The van der Waals surface area contributed by atoms with Crippen molar-refractivity contribution in [3.05, 3.63) is 59.7 Å². The van der Waals surface area contributed by atoms with E-state index in [2.05, 4.69) is 22.1 Å². The maximum absolute atomic E-state index is 13.2. The van der Waals surface area contributed by atoms with Crippen LogP contribution in [-0.4, -0.2) is 68.0 Å². The van der Waals surface area contributed by atoms with Gasteiger partial charge >= 0.3 is 0 Å². The maximum atomic E-state index is 13.2. The molecule has 0 aliphatic carbocycles. The minimum atomic E-state index is -0.866. The standard InChI is InChI=1S/C25H33N3O4/c1-17-26-15-20(16-27-17)23(31)28(3)21-9-10-25(11-12-29)14-19(18-7-5-4-6-8-18)13-24(2,32-25)22(21)30/h4-8,15-16,19,21-22,29-30H,9-14H2,1-3H3/t19-,21+,22-,24+,25-/m1/s1. The van der Waals surface area contributed by atoms with Crippen LogP contribution in [0.15, 0.2) is 42.7 Å². The fourth-order valence-corrected chi connectivity index (χ4v) is 5.60. The van der Waals surface area contributed by atoms with E-state index < -0.39 is 23.3 Å². The number of aromatic nitrogens is 2. The third-order valence-electron chi connectivity index (χ3n) is 7.29. The van der Waals surface area contributed by atoms with E-state index in [4.69, 9.17) is 4.74 Å². The maximum Gasteiger partial charge on any atom is 0.257 e. The van der Waals surface area contributed by atoms with E-state index in [9.17, 15) is 15.0 Å². The molecule has 0 unspecified atom stereocenters. The SMILES string of the molecule is Cc1ncc(C(=O)N(C)[C@H]2CC[C@@]3(CCO)C[C@H](c4ccccc4)C[C@](C)(O3)[C@@H]2O)cn1. The Morgan fingerprint density at radius 3 is 2.56 bits per heavy atom. The first-order valence-corrected chi connectivity index (χ1v) is 11.4. The van der Waals surface area contributed by atoms with Crippen molar-refractivity contribution in [1.82, 2.24) is 14.9 Å². The lowest BCUT2D eigenvalue weighted by atomic mass is 9.73. The Bertz CT molecular complexity index is 938. The number of carbonyl (C=O) groups is 1. The number of aliphatic hydroxyl groups is 2. The molecule has 0 saturated carbocycles. The molecule has 172 valence electrons. The van der Waals surface area contributed by atoms with Gasteiger partial charge in [-0.25, -0.2) is 9.97 Å². The Labute approximate surface area is 189 Å². The molecule has 2 aromatic rings. The van der Waals surface area contributed by atoms with Gasteiger partial charge in [-0.3, -0.25) is 4.79 Å². The van der Waals surface area contributed by atoms with E-state index in [1.165, 1.54) is 18.0 Å². The first-order valence-electron chi connectivity index (χ1n) is 11.4. The van der Waals surface area contributed by atoms with Crippen LogP contribution in [-0.2, 0) is 4.74 Å². The van der Waals surface area contributed by atoms with E-state index in [-0.39, 0.29) is 18.4 Å². The zero-order valence-corrected chi connectivity index (χ0v) is 19.1. The van der Waals surface area contributed by atoms with Crippen LogP contribution >= 0.6 is 0 Å². The smallest absolute Gasteiger partial charge is 0.257 e. The van der Waals surface area contributed by atoms with Crippen LogP contribution < -0.4 is 0 Å². The molecule has 0 radical (unpaired) electrons. The highest BCUT2D eigenvalue weighted by molar-refractivity contribution is 5.93. The Balaban J connectivity index is 1.65. The summed E-state index contributed by atoms with van der Waals surface area (Å²) in [6, 6.07) is 9.89. The number of aryl methyl sites for hydroxylation is 1. The minimum absolute atomic E-state index is 0.0217. The minimum Gasteiger partial charge on any atom is -0.396 e. The van der Waals surface area contributed by atoms with Crippen LogP contribution in [0.2, 0.25) is 0 Å². The average Bonchev–Trinajstić information content (AvgIpc) is 2.86. The molecule has 2 bridgehead atoms. The second-order valence-corrected chi connectivity index (χ2v) is 9.57. The van der Waals surface area contributed by atoms with E-state index in [1.54, 1.807) is 18.9 Å². The van der Waals surface area contributed by atoms with Gasteiger partial charge in [-0.15, -0.1) is 0 Å². The number of benzene rings is 1. The van der Waals surface area contributed by atoms with Crippen molar-refractivity contribution in [3.63, 3.8) is 0 Å². The van der Waals surface area contributed by atoms with Crippen LogP contribution in [0.4, 0.5) is 0 Å². The van der Waals surface area contributed by atoms with Crippen LogP contribution in [0.5, 0.6) is 0 Å². The number of rotatable bonds is 5. The van der Waals surface area contributed by atoms with E-state index in [0.717, 1.165) is 6.42 Å². The quantitative estimate of drug-likeness (QED) is 0.744. The molecule has 1 amide bonds. The molecular formula is C25H33N3O4. The Morgan fingerprint density at radius 2 is 1.91 bits per heavy atom. The lowest BCUT2D eigenvalue weighted by molar-refractivity contribution is -0.225. The van der Waals surface area contributed by atoms with Gasteiger partial charge in [0.15, 0.2) is 0 Å². The van der Waals surface area contributed by atoms with Gasteiger partial charge in [0.05, 0.1) is 22.8 Å². The van der Waals surface area contributed by atoms with Crippen molar-refractivity contribution in [1.29, 1.82) is 0 Å². The summed E-state index contributed by atoms with van der Waals surface area (Å²) in [5.41, 5.74) is 0.245. The third kappa shape index (κ3) is 4.29. The zero-order chi connectivity index (χ0) is 22.9. The molecular weight excluding hydrogens is 406 g/mol. The Morgan fingerprint density at radius 1 is 1.22 bits per heavy atom. The second kappa shape index (κ2) is 8.89. The summed E-state index contributed by atoms with van der Waals surface area (Å²) in [6.45, 7) is 3.74. The molecule has 7 nitrogen and oxygen atoms in total. The number of amides is 1. The molecule has 2 N–H and O–H groups in total. The van der Waals surface area contributed by atoms with Crippen molar-refractivity contribution >= 4 is 5.91 Å². The van der Waals surface area contributed by atoms with Crippen molar-refractivity contribution < 1.29 is 19.7 Å². The number of likely N-dealkylation sites (N-methyl/N-ethyl adjacent to an activating group) is 1. The van der Waals surface area contributed by atoms with Gasteiger partial charge in [0.25, 0.3) is 5.91 Å². The number of hydrogen-bond donors (Lipinski definition) is 2. The summed E-state index contributed by atoms with van der Waals surface area (Å²) in [7, 11) is 1.72. The molecule has 2 aliphatic heterocycles. The second-order valence-electron chi connectivity index (χ2n) is 9.57. The molecule has 5 atom stereocenters. The lowest BCUT2D eigenvalue weighted by Crippen LogP contribution is -2.58. The van der Waals surface area contributed by atoms with E-state index >= 15 is 0 Å². The van der Waals surface area contributed by atoms with Gasteiger partial charge in [0.1, 0.15) is 11.9 Å². The van der Waals surface area contributed by atoms with Gasteiger partial charge in [-0.05, 0) is 57.4 Å². The van der Waals surface area contributed by atoms with Crippen molar-refractivity contribution in [2.75, 3.05) is 13.7 Å². The molecule has 32 heavy (non-hydrogen) atoms. The fourth-order valence-electron chi connectivity index (χ4n) is 5.60. The number of ether oxygens (including phenoxy) is 1. The molecule has 7 heteroatoms. The predicted octanol–water partition coefficient (Wildman–Crippen LogP) is 2.85. The largest absolute Gasteiger partial charge is 0.396 e. The average molecular weight is 440 g/mol. The van der Waals surface area contributed by atoms with Gasteiger partial charge in [-0.2, -0.15) is 0 Å². The van der Waals surface area contributed by atoms with Gasteiger partial charge in [0, 0.05) is 26.0 Å². The number of fused-ring (bicyclic) bond motifs is 2.